The summed E-state index contributed by atoms with van der Waals surface area (Å²) in [6, 6.07) is 15.0. The first-order valence-corrected chi connectivity index (χ1v) is 4.89. The summed E-state index contributed by atoms with van der Waals surface area (Å²) >= 11 is 0. The first-order chi connectivity index (χ1) is 7.79. The molecule has 0 unspecified atom stereocenters. The van der Waals surface area contributed by atoms with Crippen LogP contribution in [0.4, 0.5) is 0 Å². The molecule has 0 saturated carbocycles. The maximum absolute atomic E-state index is 7.00. The van der Waals surface area contributed by atoms with E-state index >= 15 is 0 Å². The van der Waals surface area contributed by atoms with E-state index in [1.54, 1.807) is 0 Å². The zero-order valence-electron chi connectivity index (χ0n) is 10.9. The molecule has 0 aliphatic heterocycles. The SMILES string of the molecule is CO.CO.Cc1[c-]cc(C)[nH]1.[Ti+2].c1cc[cH-]c1. The molecular formula is C13H21NO2Ti. The fraction of sp³-hybridized carbons (Fsp3) is 0.308. The molecule has 2 aromatic rings. The number of aliphatic hydroxyl groups excluding tert-OH is 2. The fourth-order valence-corrected chi connectivity index (χ4v) is 0.905. The monoisotopic (exact) mass is 271 g/mol. The Morgan fingerprint density at radius 2 is 1.53 bits per heavy atom. The number of H-pyrrole nitrogens is 1. The number of aromatic nitrogens is 1. The van der Waals surface area contributed by atoms with Crippen LogP contribution in [0.1, 0.15) is 11.4 Å². The molecule has 94 valence electrons. The molecule has 1 aromatic carbocycles. The van der Waals surface area contributed by atoms with Crippen molar-refractivity contribution in [1.82, 2.24) is 4.98 Å². The fourth-order valence-electron chi connectivity index (χ4n) is 0.905. The summed E-state index contributed by atoms with van der Waals surface area (Å²) in [5, 5.41) is 14.0. The van der Waals surface area contributed by atoms with Gasteiger partial charge in [0.15, 0.2) is 0 Å². The van der Waals surface area contributed by atoms with Crippen molar-refractivity contribution < 1.29 is 31.9 Å². The topological polar surface area (TPSA) is 56.2 Å². The maximum atomic E-state index is 7.00. The Morgan fingerprint density at radius 3 is 1.65 bits per heavy atom. The Balaban J connectivity index is -0.000000175. The van der Waals surface area contributed by atoms with Gasteiger partial charge in [0.2, 0.25) is 0 Å². The van der Waals surface area contributed by atoms with Crippen LogP contribution in [0.25, 0.3) is 0 Å². The molecule has 3 nitrogen and oxygen atoms in total. The number of hydrogen-bond acceptors (Lipinski definition) is 2. The molecule has 1 heterocycles. The Morgan fingerprint density at radius 1 is 1.06 bits per heavy atom. The van der Waals surface area contributed by atoms with Gasteiger partial charge >= 0.3 is 21.7 Å². The van der Waals surface area contributed by atoms with E-state index in [1.807, 2.05) is 50.2 Å². The first kappa shape index (κ1) is 21.5. The third-order valence-corrected chi connectivity index (χ3v) is 1.45. The van der Waals surface area contributed by atoms with E-state index in [2.05, 4.69) is 11.1 Å². The van der Waals surface area contributed by atoms with Crippen LogP contribution in [-0.2, 0) is 21.7 Å². The van der Waals surface area contributed by atoms with Gasteiger partial charge in [-0.3, -0.25) is 0 Å². The van der Waals surface area contributed by atoms with Crippen LogP contribution in [0.5, 0.6) is 0 Å². The average Bonchev–Trinajstić information content (AvgIpc) is 2.99. The van der Waals surface area contributed by atoms with E-state index in [1.165, 1.54) is 5.69 Å². The molecule has 0 saturated heterocycles. The van der Waals surface area contributed by atoms with Crippen LogP contribution in [-0.4, -0.2) is 29.4 Å². The molecule has 0 atom stereocenters. The zero-order chi connectivity index (χ0) is 12.8. The third kappa shape index (κ3) is 15.3. The molecule has 0 amide bonds. The van der Waals surface area contributed by atoms with E-state index in [0.29, 0.717) is 0 Å². The minimum atomic E-state index is 0. The van der Waals surface area contributed by atoms with Gasteiger partial charge in [-0.1, -0.05) is 12.6 Å². The standard InChI is InChI=1S/C6H8N.C5H5.2CH4O.Ti/c1-5-3-4-6(2)7-5;1-2-4-5-3-1;2*1-2;/h3,7H,1-2H3;1-5H;2*2H,1H3;/q2*-1;;;+2. The smallest absolute Gasteiger partial charge is 0.456 e. The van der Waals surface area contributed by atoms with Crippen LogP contribution in [0.2, 0.25) is 0 Å². The second kappa shape index (κ2) is 17.7. The summed E-state index contributed by atoms with van der Waals surface area (Å²) in [7, 11) is 2.00. The zero-order valence-corrected chi connectivity index (χ0v) is 12.4. The van der Waals surface area contributed by atoms with Crippen molar-refractivity contribution in [2.45, 2.75) is 13.8 Å². The van der Waals surface area contributed by atoms with Gasteiger partial charge in [-0.05, 0) is 6.92 Å². The molecule has 4 heteroatoms. The third-order valence-electron chi connectivity index (χ3n) is 1.45. The molecular weight excluding hydrogens is 250 g/mol. The van der Waals surface area contributed by atoms with Crippen LogP contribution >= 0.6 is 0 Å². The van der Waals surface area contributed by atoms with Crippen molar-refractivity contribution in [1.29, 1.82) is 0 Å². The Kier molecular flexibility index (Phi) is 22.4. The van der Waals surface area contributed by atoms with Gasteiger partial charge in [0.05, 0.1) is 0 Å². The maximum Gasteiger partial charge on any atom is 2.00 e. The van der Waals surface area contributed by atoms with Crippen molar-refractivity contribution in [3.8, 4) is 0 Å². The van der Waals surface area contributed by atoms with Gasteiger partial charge < -0.3 is 15.2 Å². The van der Waals surface area contributed by atoms with Gasteiger partial charge in [0, 0.05) is 14.2 Å². The van der Waals surface area contributed by atoms with Gasteiger partial charge in [0.25, 0.3) is 0 Å². The molecule has 0 aliphatic rings. The normalized spacial score (nSPS) is 6.94. The molecule has 1 aromatic heterocycles. The predicted octanol–water partition coefficient (Wildman–Crippen LogP) is 2.05. The Hall–Kier alpha value is -0.736. The van der Waals surface area contributed by atoms with Gasteiger partial charge in [-0.2, -0.15) is 18.2 Å². The number of aryl methyl sites for hydroxylation is 2. The van der Waals surface area contributed by atoms with Crippen molar-refractivity contribution in [3.63, 3.8) is 0 Å². The van der Waals surface area contributed by atoms with Gasteiger partial charge in [-0.15, -0.1) is 5.69 Å². The van der Waals surface area contributed by atoms with Gasteiger partial charge in [-0.25, -0.2) is 24.3 Å². The molecule has 0 aliphatic carbocycles. The molecule has 17 heavy (non-hydrogen) atoms. The molecule has 0 radical (unpaired) electrons. The van der Waals surface area contributed by atoms with E-state index in [4.69, 9.17) is 10.2 Å². The molecule has 0 fully saturated rings. The van der Waals surface area contributed by atoms with Gasteiger partial charge in [0.1, 0.15) is 0 Å². The summed E-state index contributed by atoms with van der Waals surface area (Å²) in [4.78, 5) is 3.08. The largest absolute Gasteiger partial charge is 2.00 e. The Bertz CT molecular complexity index is 271. The molecule has 0 bridgehead atoms. The van der Waals surface area contributed by atoms with Crippen LogP contribution < -0.4 is 0 Å². The minimum absolute atomic E-state index is 0. The van der Waals surface area contributed by atoms with Crippen molar-refractivity contribution in [2.24, 2.45) is 0 Å². The summed E-state index contributed by atoms with van der Waals surface area (Å²) in [5.41, 5.74) is 2.29. The number of rotatable bonds is 0. The second-order valence-corrected chi connectivity index (χ2v) is 2.68. The molecule has 3 N–H and O–H groups in total. The number of aromatic amines is 1. The van der Waals surface area contributed by atoms with E-state index < -0.39 is 0 Å². The predicted molar refractivity (Wildman–Crippen MR) is 67.4 cm³/mol. The number of nitrogens with one attached hydrogen (secondary N) is 1. The van der Waals surface area contributed by atoms with Crippen LogP contribution in [0.3, 0.4) is 0 Å². The van der Waals surface area contributed by atoms with Crippen molar-refractivity contribution in [2.75, 3.05) is 14.2 Å². The quantitative estimate of drug-likeness (QED) is 0.507. The summed E-state index contributed by atoms with van der Waals surface area (Å²) in [6.07, 6.45) is 0. The van der Waals surface area contributed by atoms with E-state index in [-0.39, 0.29) is 21.7 Å². The van der Waals surface area contributed by atoms with Crippen molar-refractivity contribution in [3.05, 3.63) is 53.9 Å². The minimum Gasteiger partial charge on any atom is -0.456 e. The van der Waals surface area contributed by atoms with Crippen LogP contribution in [0.15, 0.2) is 36.4 Å². The summed E-state index contributed by atoms with van der Waals surface area (Å²) in [6.45, 7) is 4.01. The first-order valence-electron chi connectivity index (χ1n) is 4.89. The van der Waals surface area contributed by atoms with Crippen molar-refractivity contribution >= 4 is 0 Å². The number of hydrogen-bond donors (Lipinski definition) is 3. The van der Waals surface area contributed by atoms with Crippen LogP contribution in [0, 0.1) is 19.9 Å². The molecule has 0 spiro atoms. The summed E-state index contributed by atoms with van der Waals surface area (Å²) < 4.78 is 0. The summed E-state index contributed by atoms with van der Waals surface area (Å²) in [5.74, 6) is 0. The van der Waals surface area contributed by atoms with E-state index in [9.17, 15) is 0 Å². The second-order valence-electron chi connectivity index (χ2n) is 2.68. The van der Waals surface area contributed by atoms with E-state index in [0.717, 1.165) is 19.9 Å². The Labute approximate surface area is 119 Å². The molecule has 2 rings (SSSR count). The average molecular weight is 271 g/mol. The number of aliphatic hydroxyl groups is 2.